The quantitative estimate of drug-likeness (QED) is 0.649. The van der Waals surface area contributed by atoms with Crippen molar-refractivity contribution in [1.29, 1.82) is 0 Å². The van der Waals surface area contributed by atoms with Gasteiger partial charge >= 0.3 is 18.0 Å². The van der Waals surface area contributed by atoms with Gasteiger partial charge in [0.1, 0.15) is 6.04 Å². The fourth-order valence-electron chi connectivity index (χ4n) is 1.65. The summed E-state index contributed by atoms with van der Waals surface area (Å²) in [6.07, 6.45) is -0.685. The first-order valence-electron chi connectivity index (χ1n) is 5.89. The van der Waals surface area contributed by atoms with Crippen LogP contribution in [0, 0.1) is 13.8 Å². The molecule has 0 saturated carbocycles. The minimum atomic E-state index is -1.47. The maximum Gasteiger partial charge on any atom is 0.326 e. The molecule has 0 spiro atoms. The van der Waals surface area contributed by atoms with E-state index in [9.17, 15) is 14.4 Å². The molecule has 0 saturated heterocycles. The van der Waals surface area contributed by atoms with E-state index in [1.807, 2.05) is 13.0 Å². The number of rotatable bonds is 5. The van der Waals surface area contributed by atoms with E-state index < -0.39 is 30.4 Å². The zero-order valence-corrected chi connectivity index (χ0v) is 11.1. The van der Waals surface area contributed by atoms with E-state index in [-0.39, 0.29) is 0 Å². The van der Waals surface area contributed by atoms with Gasteiger partial charge in [-0.3, -0.25) is 4.79 Å². The molecule has 4 N–H and O–H groups in total. The number of nitrogens with one attached hydrogen (secondary N) is 2. The molecule has 1 unspecified atom stereocenters. The molecule has 0 aromatic heterocycles. The van der Waals surface area contributed by atoms with E-state index in [1.54, 1.807) is 19.1 Å². The molecule has 0 aliphatic rings. The molecule has 7 nitrogen and oxygen atoms in total. The molecule has 7 heteroatoms. The van der Waals surface area contributed by atoms with Gasteiger partial charge in [0.05, 0.1) is 6.42 Å². The maximum absolute atomic E-state index is 11.7. The van der Waals surface area contributed by atoms with Crippen LogP contribution >= 0.6 is 0 Å². The van der Waals surface area contributed by atoms with Crippen LogP contribution in [0.15, 0.2) is 18.2 Å². The monoisotopic (exact) mass is 280 g/mol. The number of hydrogen-bond donors (Lipinski definition) is 4. The van der Waals surface area contributed by atoms with Crippen molar-refractivity contribution in [3.05, 3.63) is 29.3 Å². The Labute approximate surface area is 115 Å². The number of aliphatic carboxylic acids is 2. The van der Waals surface area contributed by atoms with E-state index in [4.69, 9.17) is 10.2 Å². The molecular formula is C13H16N2O5. The molecule has 0 radical (unpaired) electrons. The average molecular weight is 280 g/mol. The number of urea groups is 1. The van der Waals surface area contributed by atoms with E-state index in [0.29, 0.717) is 5.69 Å². The Morgan fingerprint density at radius 2 is 1.85 bits per heavy atom. The Balaban J connectivity index is 2.70. The summed E-state index contributed by atoms with van der Waals surface area (Å²) in [6.45, 7) is 3.71. The van der Waals surface area contributed by atoms with E-state index >= 15 is 0 Å². The summed E-state index contributed by atoms with van der Waals surface area (Å²) in [5, 5.41) is 22.0. The van der Waals surface area contributed by atoms with Crippen molar-refractivity contribution in [2.24, 2.45) is 0 Å². The molecule has 0 aliphatic carbocycles. The molecule has 1 aromatic carbocycles. The molecule has 1 atom stereocenters. The summed E-state index contributed by atoms with van der Waals surface area (Å²) in [4.78, 5) is 33.0. The molecular weight excluding hydrogens is 264 g/mol. The first kappa shape index (κ1) is 15.5. The Hall–Kier alpha value is -2.57. The van der Waals surface area contributed by atoms with Crippen LogP contribution in [0.3, 0.4) is 0 Å². The number of anilines is 1. The van der Waals surface area contributed by atoms with Crippen LogP contribution in [0.2, 0.25) is 0 Å². The summed E-state index contributed by atoms with van der Waals surface area (Å²) >= 11 is 0. The van der Waals surface area contributed by atoms with Gasteiger partial charge in [-0.05, 0) is 25.5 Å². The van der Waals surface area contributed by atoms with Crippen molar-refractivity contribution in [2.45, 2.75) is 26.3 Å². The first-order chi connectivity index (χ1) is 9.29. The van der Waals surface area contributed by atoms with Crippen LogP contribution in [0.25, 0.3) is 0 Å². The number of aryl methyl sites for hydroxylation is 2. The Morgan fingerprint density at radius 1 is 1.20 bits per heavy atom. The van der Waals surface area contributed by atoms with Crippen molar-refractivity contribution in [1.82, 2.24) is 5.32 Å². The Kier molecular flexibility index (Phi) is 5.08. The van der Waals surface area contributed by atoms with E-state index in [1.165, 1.54) is 0 Å². The van der Waals surface area contributed by atoms with Crippen LogP contribution in [-0.2, 0) is 9.59 Å². The number of benzene rings is 1. The molecule has 108 valence electrons. The van der Waals surface area contributed by atoms with Gasteiger partial charge in [-0.25, -0.2) is 9.59 Å². The number of carbonyl (C=O) groups is 3. The summed E-state index contributed by atoms with van der Waals surface area (Å²) in [7, 11) is 0. The molecule has 1 rings (SSSR count). The third-order valence-corrected chi connectivity index (χ3v) is 2.61. The van der Waals surface area contributed by atoms with Crippen molar-refractivity contribution in [3.63, 3.8) is 0 Å². The lowest BCUT2D eigenvalue weighted by atomic mass is 10.1. The highest BCUT2D eigenvalue weighted by atomic mass is 16.4. The smallest absolute Gasteiger partial charge is 0.326 e. The lowest BCUT2D eigenvalue weighted by Gasteiger charge is -2.14. The Morgan fingerprint density at radius 3 is 2.35 bits per heavy atom. The zero-order valence-electron chi connectivity index (χ0n) is 11.1. The highest BCUT2D eigenvalue weighted by molar-refractivity contribution is 5.93. The lowest BCUT2D eigenvalue weighted by Crippen LogP contribution is -2.44. The predicted molar refractivity (Wildman–Crippen MR) is 71.7 cm³/mol. The van der Waals surface area contributed by atoms with Crippen molar-refractivity contribution in [3.8, 4) is 0 Å². The van der Waals surface area contributed by atoms with Crippen molar-refractivity contribution >= 4 is 23.7 Å². The van der Waals surface area contributed by atoms with Gasteiger partial charge in [0.25, 0.3) is 0 Å². The minimum Gasteiger partial charge on any atom is -0.481 e. The van der Waals surface area contributed by atoms with E-state index in [2.05, 4.69) is 10.6 Å². The van der Waals surface area contributed by atoms with Crippen LogP contribution < -0.4 is 10.6 Å². The molecule has 0 heterocycles. The zero-order chi connectivity index (χ0) is 15.3. The van der Waals surface area contributed by atoms with Crippen LogP contribution in [0.5, 0.6) is 0 Å². The fraction of sp³-hybridized carbons (Fsp3) is 0.308. The van der Waals surface area contributed by atoms with E-state index in [0.717, 1.165) is 11.1 Å². The summed E-state index contributed by atoms with van der Waals surface area (Å²) in [6, 6.07) is 3.12. The van der Waals surface area contributed by atoms with Gasteiger partial charge in [0.15, 0.2) is 0 Å². The number of amides is 2. The number of carbonyl (C=O) groups excluding carboxylic acids is 1. The maximum atomic E-state index is 11.7. The lowest BCUT2D eigenvalue weighted by molar-refractivity contribution is -0.145. The highest BCUT2D eigenvalue weighted by Crippen LogP contribution is 2.15. The molecule has 20 heavy (non-hydrogen) atoms. The molecule has 0 fully saturated rings. The van der Waals surface area contributed by atoms with Gasteiger partial charge in [-0.2, -0.15) is 0 Å². The second-order valence-corrected chi connectivity index (χ2v) is 4.41. The van der Waals surface area contributed by atoms with Crippen LogP contribution in [-0.4, -0.2) is 34.2 Å². The summed E-state index contributed by atoms with van der Waals surface area (Å²) < 4.78 is 0. The number of carboxylic acids is 2. The number of hydrogen-bond acceptors (Lipinski definition) is 3. The minimum absolute atomic E-state index is 0.535. The summed E-state index contributed by atoms with van der Waals surface area (Å²) in [5.74, 6) is -2.70. The van der Waals surface area contributed by atoms with Gasteiger partial charge in [0, 0.05) is 5.69 Å². The Bertz CT molecular complexity index is 542. The van der Waals surface area contributed by atoms with Crippen molar-refractivity contribution < 1.29 is 24.6 Å². The largest absolute Gasteiger partial charge is 0.481 e. The first-order valence-corrected chi connectivity index (χ1v) is 5.89. The van der Waals surface area contributed by atoms with Gasteiger partial charge in [-0.15, -0.1) is 0 Å². The third kappa shape index (κ3) is 4.60. The standard InChI is InChI=1S/C13H16N2O5/c1-7-3-4-9(8(2)5-7)14-13(20)15-10(12(18)19)6-11(16)17/h3-5,10H,6H2,1-2H3,(H,16,17)(H,18,19)(H2,14,15,20). The van der Waals surface area contributed by atoms with Crippen LogP contribution in [0.1, 0.15) is 17.5 Å². The second kappa shape index (κ2) is 6.55. The van der Waals surface area contributed by atoms with Crippen molar-refractivity contribution in [2.75, 3.05) is 5.32 Å². The highest BCUT2D eigenvalue weighted by Gasteiger charge is 2.23. The molecule has 1 aromatic rings. The topological polar surface area (TPSA) is 116 Å². The summed E-state index contributed by atoms with van der Waals surface area (Å²) in [5.41, 5.74) is 2.39. The SMILES string of the molecule is Cc1ccc(NC(=O)NC(CC(=O)O)C(=O)O)c(C)c1. The van der Waals surface area contributed by atoms with Crippen LogP contribution in [0.4, 0.5) is 10.5 Å². The second-order valence-electron chi connectivity index (χ2n) is 4.41. The average Bonchev–Trinajstić information content (AvgIpc) is 2.31. The predicted octanol–water partition coefficient (Wildman–Crippen LogP) is 1.35. The molecule has 0 aliphatic heterocycles. The molecule has 0 bridgehead atoms. The third-order valence-electron chi connectivity index (χ3n) is 2.61. The van der Waals surface area contributed by atoms with Gasteiger partial charge in [-0.1, -0.05) is 17.7 Å². The van der Waals surface area contributed by atoms with Gasteiger partial charge < -0.3 is 20.8 Å². The molecule has 2 amide bonds. The fourth-order valence-corrected chi connectivity index (χ4v) is 1.65. The normalized spacial score (nSPS) is 11.5. The number of carboxylic acid groups (broad SMARTS) is 2. The van der Waals surface area contributed by atoms with Gasteiger partial charge in [0.2, 0.25) is 0 Å².